The van der Waals surface area contributed by atoms with E-state index in [4.69, 9.17) is 4.74 Å². The number of carbonyl (C=O) groups excluding carboxylic acids is 2. The molecule has 0 aromatic rings. The molecule has 4 aliphatic rings. The van der Waals surface area contributed by atoms with E-state index in [0.717, 1.165) is 103 Å². The summed E-state index contributed by atoms with van der Waals surface area (Å²) < 4.78 is 5.94. The Morgan fingerprint density at radius 2 is 1.79 bits per heavy atom. The molecule has 1 aliphatic carbocycles. The zero-order valence-electron chi connectivity index (χ0n) is 21.5. The molecule has 7 nitrogen and oxygen atoms in total. The van der Waals surface area contributed by atoms with Gasteiger partial charge in [0.1, 0.15) is 0 Å². The number of rotatable bonds is 9. The van der Waals surface area contributed by atoms with E-state index in [2.05, 4.69) is 34.7 Å². The lowest BCUT2D eigenvalue weighted by atomic mass is 9.85. The van der Waals surface area contributed by atoms with Crippen LogP contribution in [0.3, 0.4) is 0 Å². The summed E-state index contributed by atoms with van der Waals surface area (Å²) in [5.41, 5.74) is 0. The van der Waals surface area contributed by atoms with Crippen LogP contribution in [0.2, 0.25) is 0 Å². The Balaban J connectivity index is 1.04. The van der Waals surface area contributed by atoms with Crippen molar-refractivity contribution in [1.82, 2.24) is 20.9 Å². The SMILES string of the molecule is CC(C)OC1CCC(C(=O)N2CCC(CCCCNC(=O)C3CC4CNCCC4N3)CC2)CC1. The second-order valence-corrected chi connectivity index (χ2v) is 11.5. The lowest BCUT2D eigenvalue weighted by Crippen LogP contribution is -2.45. The topological polar surface area (TPSA) is 82.7 Å². The number of fused-ring (bicyclic) bond motifs is 1. The number of nitrogens with one attached hydrogen (secondary N) is 3. The number of nitrogens with zero attached hydrogens (tertiary/aromatic N) is 1. The van der Waals surface area contributed by atoms with Gasteiger partial charge in [-0.25, -0.2) is 0 Å². The number of hydrogen-bond acceptors (Lipinski definition) is 5. The third kappa shape index (κ3) is 7.17. The Morgan fingerprint density at radius 3 is 2.50 bits per heavy atom. The van der Waals surface area contributed by atoms with Gasteiger partial charge in [0, 0.05) is 31.6 Å². The fourth-order valence-electron chi connectivity index (χ4n) is 6.63. The fourth-order valence-corrected chi connectivity index (χ4v) is 6.63. The van der Waals surface area contributed by atoms with Crippen LogP contribution in [0.15, 0.2) is 0 Å². The highest BCUT2D eigenvalue weighted by Crippen LogP contribution is 2.31. The average Bonchev–Trinajstić information content (AvgIpc) is 3.28. The van der Waals surface area contributed by atoms with Crippen LogP contribution in [0, 0.1) is 17.8 Å². The van der Waals surface area contributed by atoms with Crippen molar-refractivity contribution in [2.45, 2.75) is 109 Å². The Bertz CT molecular complexity index is 642. The van der Waals surface area contributed by atoms with Gasteiger partial charge in [0.2, 0.25) is 11.8 Å². The van der Waals surface area contributed by atoms with E-state index in [9.17, 15) is 9.59 Å². The molecule has 194 valence electrons. The standard InChI is InChI=1S/C27H48N4O3/c1-19(2)34-23-8-6-21(7-9-23)27(33)31-15-11-20(12-16-31)5-3-4-13-29-26(32)25-17-22-18-28-14-10-24(22)30-25/h19-25,28,30H,3-18H2,1-2H3,(H,29,32). The van der Waals surface area contributed by atoms with Gasteiger partial charge in [-0.15, -0.1) is 0 Å². The number of amides is 2. The zero-order valence-corrected chi connectivity index (χ0v) is 21.5. The Morgan fingerprint density at radius 1 is 1.03 bits per heavy atom. The largest absolute Gasteiger partial charge is 0.376 e. The van der Waals surface area contributed by atoms with Crippen LogP contribution < -0.4 is 16.0 Å². The highest BCUT2D eigenvalue weighted by Gasteiger charge is 2.38. The quantitative estimate of drug-likeness (QED) is 0.446. The number of likely N-dealkylation sites (tertiary alicyclic amines) is 1. The molecule has 3 saturated heterocycles. The van der Waals surface area contributed by atoms with Gasteiger partial charge in [0.15, 0.2) is 0 Å². The van der Waals surface area contributed by atoms with Gasteiger partial charge < -0.3 is 25.6 Å². The van der Waals surface area contributed by atoms with E-state index in [1.807, 2.05) is 0 Å². The molecule has 1 saturated carbocycles. The van der Waals surface area contributed by atoms with E-state index in [1.54, 1.807) is 0 Å². The first-order valence-electron chi connectivity index (χ1n) is 14.2. The molecule has 0 radical (unpaired) electrons. The van der Waals surface area contributed by atoms with Gasteiger partial charge in [-0.05, 0) is 96.6 Å². The predicted octanol–water partition coefficient (Wildman–Crippen LogP) is 2.84. The second kappa shape index (κ2) is 12.7. The summed E-state index contributed by atoms with van der Waals surface area (Å²) in [7, 11) is 0. The molecule has 3 unspecified atom stereocenters. The first-order chi connectivity index (χ1) is 16.5. The number of ether oxygens (including phenoxy) is 1. The molecule has 3 aliphatic heterocycles. The molecule has 0 spiro atoms. The molecule has 4 fully saturated rings. The minimum atomic E-state index is -0.00505. The van der Waals surface area contributed by atoms with Crippen LogP contribution in [0.1, 0.15) is 84.5 Å². The van der Waals surface area contributed by atoms with E-state index in [0.29, 0.717) is 24.0 Å². The minimum absolute atomic E-state index is 0.00505. The first kappa shape index (κ1) is 25.9. The smallest absolute Gasteiger partial charge is 0.237 e. The lowest BCUT2D eigenvalue weighted by molar-refractivity contribution is -0.139. The van der Waals surface area contributed by atoms with Crippen LogP contribution in [0.25, 0.3) is 0 Å². The summed E-state index contributed by atoms with van der Waals surface area (Å²) in [5, 5.41) is 10.1. The maximum Gasteiger partial charge on any atom is 0.237 e. The number of carbonyl (C=O) groups is 2. The minimum Gasteiger partial charge on any atom is -0.376 e. The maximum absolute atomic E-state index is 13.0. The highest BCUT2D eigenvalue weighted by atomic mass is 16.5. The Labute approximate surface area is 206 Å². The predicted molar refractivity (Wildman–Crippen MR) is 134 cm³/mol. The normalized spacial score (nSPS) is 32.6. The van der Waals surface area contributed by atoms with Crippen molar-refractivity contribution in [3.05, 3.63) is 0 Å². The van der Waals surface area contributed by atoms with Crippen LogP contribution in [-0.4, -0.2) is 73.7 Å². The molecule has 34 heavy (non-hydrogen) atoms. The molecule has 3 N–H and O–H groups in total. The summed E-state index contributed by atoms with van der Waals surface area (Å²) in [4.78, 5) is 27.6. The summed E-state index contributed by atoms with van der Waals surface area (Å²) in [6, 6.07) is 0.512. The third-order valence-electron chi connectivity index (χ3n) is 8.63. The van der Waals surface area contributed by atoms with Crippen LogP contribution in [-0.2, 0) is 14.3 Å². The maximum atomic E-state index is 13.0. The van der Waals surface area contributed by atoms with Gasteiger partial charge in [-0.1, -0.05) is 12.8 Å². The van der Waals surface area contributed by atoms with Crippen LogP contribution in [0.4, 0.5) is 0 Å². The fraction of sp³-hybridized carbons (Fsp3) is 0.926. The molecule has 3 heterocycles. The molecule has 7 heteroatoms. The summed E-state index contributed by atoms with van der Waals surface area (Å²) in [5.74, 6) is 2.12. The van der Waals surface area contributed by atoms with Crippen LogP contribution >= 0.6 is 0 Å². The van der Waals surface area contributed by atoms with Gasteiger partial charge in [0.05, 0.1) is 18.2 Å². The summed E-state index contributed by atoms with van der Waals surface area (Å²) in [6.45, 7) is 8.92. The van der Waals surface area contributed by atoms with Crippen molar-refractivity contribution in [2.75, 3.05) is 32.7 Å². The lowest BCUT2D eigenvalue weighted by Gasteiger charge is -2.36. The molecule has 0 bridgehead atoms. The Hall–Kier alpha value is -1.18. The van der Waals surface area contributed by atoms with Crippen molar-refractivity contribution in [2.24, 2.45) is 17.8 Å². The molecular formula is C27H48N4O3. The van der Waals surface area contributed by atoms with E-state index < -0.39 is 0 Å². The zero-order chi connectivity index (χ0) is 23.9. The number of hydrogen-bond donors (Lipinski definition) is 3. The molecule has 0 aromatic heterocycles. The summed E-state index contributed by atoms with van der Waals surface area (Å²) >= 11 is 0. The molecule has 0 aromatic carbocycles. The van der Waals surface area contributed by atoms with Crippen molar-refractivity contribution in [3.63, 3.8) is 0 Å². The van der Waals surface area contributed by atoms with Crippen molar-refractivity contribution in [1.29, 1.82) is 0 Å². The average molecular weight is 477 g/mol. The number of unbranched alkanes of at least 4 members (excludes halogenated alkanes) is 1. The van der Waals surface area contributed by atoms with E-state index in [-0.39, 0.29) is 24.0 Å². The first-order valence-corrected chi connectivity index (χ1v) is 14.2. The van der Waals surface area contributed by atoms with Gasteiger partial charge in [0.25, 0.3) is 0 Å². The summed E-state index contributed by atoms with van der Waals surface area (Å²) in [6.07, 6.45) is 12.4. The van der Waals surface area contributed by atoms with Gasteiger partial charge >= 0.3 is 0 Å². The van der Waals surface area contributed by atoms with Crippen molar-refractivity contribution < 1.29 is 14.3 Å². The van der Waals surface area contributed by atoms with Gasteiger partial charge in [-0.3, -0.25) is 9.59 Å². The van der Waals surface area contributed by atoms with Crippen molar-refractivity contribution >= 4 is 11.8 Å². The highest BCUT2D eigenvalue weighted by molar-refractivity contribution is 5.82. The van der Waals surface area contributed by atoms with E-state index >= 15 is 0 Å². The van der Waals surface area contributed by atoms with Gasteiger partial charge in [-0.2, -0.15) is 0 Å². The third-order valence-corrected chi connectivity index (χ3v) is 8.63. The Kier molecular flexibility index (Phi) is 9.66. The van der Waals surface area contributed by atoms with E-state index in [1.165, 1.54) is 6.42 Å². The second-order valence-electron chi connectivity index (χ2n) is 11.5. The molecule has 4 rings (SSSR count). The van der Waals surface area contributed by atoms with Crippen molar-refractivity contribution in [3.8, 4) is 0 Å². The molecule has 2 amide bonds. The van der Waals surface area contributed by atoms with Crippen LogP contribution in [0.5, 0.6) is 0 Å². The monoisotopic (exact) mass is 476 g/mol. The molecule has 3 atom stereocenters. The molecular weight excluding hydrogens is 428 g/mol. The number of piperidine rings is 2.